The zero-order valence-corrected chi connectivity index (χ0v) is 12.0. The summed E-state index contributed by atoms with van der Waals surface area (Å²) in [6.45, 7) is 3.40. The first-order chi connectivity index (χ1) is 9.67. The number of rotatable bonds is 5. The fraction of sp³-hybridized carbons (Fsp3) is 0.143. The SMILES string of the molecule is C=CC(=O)Nc1nc(-c2cc(OC)ccc2OC)cs1. The van der Waals surface area contributed by atoms with Crippen LogP contribution >= 0.6 is 11.3 Å². The van der Waals surface area contributed by atoms with Gasteiger partial charge in [0.1, 0.15) is 11.5 Å². The highest BCUT2D eigenvalue weighted by Crippen LogP contribution is 2.34. The van der Waals surface area contributed by atoms with Gasteiger partial charge < -0.3 is 9.47 Å². The average Bonchev–Trinajstić information content (AvgIpc) is 2.94. The fourth-order valence-electron chi connectivity index (χ4n) is 1.63. The van der Waals surface area contributed by atoms with Gasteiger partial charge >= 0.3 is 0 Å². The second-order valence-corrected chi connectivity index (χ2v) is 4.66. The van der Waals surface area contributed by atoms with Crippen molar-refractivity contribution in [2.45, 2.75) is 0 Å². The van der Waals surface area contributed by atoms with Crippen molar-refractivity contribution >= 4 is 22.4 Å². The number of methoxy groups -OCH3 is 2. The second-order valence-electron chi connectivity index (χ2n) is 3.80. The molecule has 0 aliphatic carbocycles. The third kappa shape index (κ3) is 2.97. The predicted octanol–water partition coefficient (Wildman–Crippen LogP) is 2.95. The Labute approximate surface area is 120 Å². The Morgan fingerprint density at radius 2 is 2.20 bits per heavy atom. The van der Waals surface area contributed by atoms with E-state index >= 15 is 0 Å². The highest BCUT2D eigenvalue weighted by atomic mass is 32.1. The summed E-state index contributed by atoms with van der Waals surface area (Å²) in [4.78, 5) is 15.6. The number of carbonyl (C=O) groups excluding carboxylic acids is 1. The lowest BCUT2D eigenvalue weighted by atomic mass is 10.1. The summed E-state index contributed by atoms with van der Waals surface area (Å²) in [7, 11) is 3.19. The van der Waals surface area contributed by atoms with Crippen molar-refractivity contribution in [3.8, 4) is 22.8 Å². The maximum atomic E-state index is 11.2. The number of benzene rings is 1. The van der Waals surface area contributed by atoms with Crippen LogP contribution in [-0.2, 0) is 4.79 Å². The van der Waals surface area contributed by atoms with Crippen molar-refractivity contribution in [3.63, 3.8) is 0 Å². The number of aromatic nitrogens is 1. The van der Waals surface area contributed by atoms with Gasteiger partial charge in [-0.2, -0.15) is 0 Å². The first-order valence-electron chi connectivity index (χ1n) is 5.79. The third-order valence-electron chi connectivity index (χ3n) is 2.60. The van der Waals surface area contributed by atoms with E-state index in [2.05, 4.69) is 16.9 Å². The van der Waals surface area contributed by atoms with E-state index in [4.69, 9.17) is 9.47 Å². The number of nitrogens with zero attached hydrogens (tertiary/aromatic N) is 1. The van der Waals surface area contributed by atoms with E-state index in [1.807, 2.05) is 23.6 Å². The number of carbonyl (C=O) groups is 1. The predicted molar refractivity (Wildman–Crippen MR) is 79.5 cm³/mol. The van der Waals surface area contributed by atoms with Crippen LogP contribution in [0, 0.1) is 0 Å². The molecule has 6 heteroatoms. The molecule has 1 heterocycles. The maximum absolute atomic E-state index is 11.2. The Balaban J connectivity index is 2.35. The summed E-state index contributed by atoms with van der Waals surface area (Å²) < 4.78 is 10.5. The largest absolute Gasteiger partial charge is 0.497 e. The number of amides is 1. The van der Waals surface area contributed by atoms with Gasteiger partial charge in [-0.05, 0) is 24.3 Å². The van der Waals surface area contributed by atoms with Crippen molar-refractivity contribution in [1.29, 1.82) is 0 Å². The van der Waals surface area contributed by atoms with Crippen LogP contribution in [-0.4, -0.2) is 25.1 Å². The highest BCUT2D eigenvalue weighted by Gasteiger charge is 2.12. The number of anilines is 1. The molecule has 1 aromatic heterocycles. The Morgan fingerprint density at radius 3 is 2.85 bits per heavy atom. The molecule has 0 spiro atoms. The van der Waals surface area contributed by atoms with Crippen molar-refractivity contribution in [3.05, 3.63) is 36.2 Å². The summed E-state index contributed by atoms with van der Waals surface area (Å²) in [6, 6.07) is 5.47. The van der Waals surface area contributed by atoms with E-state index in [0.29, 0.717) is 22.3 Å². The minimum absolute atomic E-state index is 0.288. The average molecular weight is 290 g/mol. The molecule has 0 radical (unpaired) electrons. The molecule has 1 amide bonds. The van der Waals surface area contributed by atoms with Crippen LogP contribution in [0.3, 0.4) is 0 Å². The van der Waals surface area contributed by atoms with Crippen molar-refractivity contribution in [1.82, 2.24) is 4.98 Å². The Morgan fingerprint density at radius 1 is 1.40 bits per heavy atom. The molecule has 20 heavy (non-hydrogen) atoms. The third-order valence-corrected chi connectivity index (χ3v) is 3.36. The van der Waals surface area contributed by atoms with E-state index in [1.165, 1.54) is 17.4 Å². The quantitative estimate of drug-likeness (QED) is 0.860. The van der Waals surface area contributed by atoms with Gasteiger partial charge in [0.25, 0.3) is 0 Å². The number of hydrogen-bond acceptors (Lipinski definition) is 5. The molecule has 0 saturated heterocycles. The van der Waals surface area contributed by atoms with E-state index in [-0.39, 0.29) is 5.91 Å². The van der Waals surface area contributed by atoms with E-state index in [0.717, 1.165) is 5.56 Å². The van der Waals surface area contributed by atoms with E-state index < -0.39 is 0 Å². The summed E-state index contributed by atoms with van der Waals surface area (Å²) in [5, 5.41) is 4.98. The minimum atomic E-state index is -0.288. The molecule has 0 fully saturated rings. The van der Waals surface area contributed by atoms with Crippen LogP contribution in [0.15, 0.2) is 36.2 Å². The lowest BCUT2D eigenvalue weighted by Gasteiger charge is -2.08. The van der Waals surface area contributed by atoms with Gasteiger partial charge in [-0.25, -0.2) is 4.98 Å². The summed E-state index contributed by atoms with van der Waals surface area (Å²) in [5.74, 6) is 1.12. The van der Waals surface area contributed by atoms with Gasteiger partial charge in [0.2, 0.25) is 5.91 Å². The van der Waals surface area contributed by atoms with Gasteiger partial charge in [-0.15, -0.1) is 11.3 Å². The van der Waals surface area contributed by atoms with Gasteiger partial charge in [-0.3, -0.25) is 10.1 Å². The first kappa shape index (κ1) is 14.1. The van der Waals surface area contributed by atoms with Crippen LogP contribution in [0.25, 0.3) is 11.3 Å². The molecular weight excluding hydrogens is 276 g/mol. The molecule has 1 N–H and O–H groups in total. The normalized spacial score (nSPS) is 9.90. The van der Waals surface area contributed by atoms with Crippen molar-refractivity contribution in [2.75, 3.05) is 19.5 Å². The number of hydrogen-bond donors (Lipinski definition) is 1. The maximum Gasteiger partial charge on any atom is 0.249 e. The smallest absolute Gasteiger partial charge is 0.249 e. The number of nitrogens with one attached hydrogen (secondary N) is 1. The monoisotopic (exact) mass is 290 g/mol. The molecule has 2 aromatic rings. The van der Waals surface area contributed by atoms with Gasteiger partial charge in [0, 0.05) is 10.9 Å². The van der Waals surface area contributed by atoms with Gasteiger partial charge in [0.05, 0.1) is 19.9 Å². The van der Waals surface area contributed by atoms with Gasteiger partial charge in [-0.1, -0.05) is 6.58 Å². The number of thiazole rings is 1. The summed E-state index contributed by atoms with van der Waals surface area (Å²) in [5.41, 5.74) is 1.52. The molecule has 2 rings (SSSR count). The second kappa shape index (κ2) is 6.21. The Kier molecular flexibility index (Phi) is 4.37. The first-order valence-corrected chi connectivity index (χ1v) is 6.67. The molecule has 104 valence electrons. The van der Waals surface area contributed by atoms with Crippen LogP contribution in [0.5, 0.6) is 11.5 Å². The molecule has 1 aromatic carbocycles. The zero-order chi connectivity index (χ0) is 14.5. The highest BCUT2D eigenvalue weighted by molar-refractivity contribution is 7.14. The van der Waals surface area contributed by atoms with Crippen LogP contribution in [0.4, 0.5) is 5.13 Å². The van der Waals surface area contributed by atoms with E-state index in [9.17, 15) is 4.79 Å². The molecule has 0 saturated carbocycles. The molecule has 0 aliphatic rings. The molecule has 5 nitrogen and oxygen atoms in total. The van der Waals surface area contributed by atoms with Gasteiger partial charge in [0.15, 0.2) is 5.13 Å². The Hall–Kier alpha value is -2.34. The van der Waals surface area contributed by atoms with Crippen molar-refractivity contribution in [2.24, 2.45) is 0 Å². The lowest BCUT2D eigenvalue weighted by Crippen LogP contribution is -2.06. The van der Waals surface area contributed by atoms with Crippen LogP contribution in [0.2, 0.25) is 0 Å². The van der Waals surface area contributed by atoms with Crippen molar-refractivity contribution < 1.29 is 14.3 Å². The summed E-state index contributed by atoms with van der Waals surface area (Å²) in [6.07, 6.45) is 1.20. The molecule has 0 unspecified atom stereocenters. The van der Waals surface area contributed by atoms with E-state index in [1.54, 1.807) is 14.2 Å². The molecular formula is C14H14N2O3S. The Bertz CT molecular complexity index is 637. The lowest BCUT2D eigenvalue weighted by molar-refractivity contribution is -0.111. The molecule has 0 bridgehead atoms. The van der Waals surface area contributed by atoms with Crippen LogP contribution in [0.1, 0.15) is 0 Å². The zero-order valence-electron chi connectivity index (χ0n) is 11.2. The molecule has 0 aliphatic heterocycles. The molecule has 0 atom stereocenters. The topological polar surface area (TPSA) is 60.5 Å². The minimum Gasteiger partial charge on any atom is -0.497 e. The number of ether oxygens (including phenoxy) is 2. The van der Waals surface area contributed by atoms with Crippen LogP contribution < -0.4 is 14.8 Å². The summed E-state index contributed by atoms with van der Waals surface area (Å²) >= 11 is 1.33. The fourth-order valence-corrected chi connectivity index (χ4v) is 2.34. The standard InChI is InChI=1S/C14H14N2O3S/c1-4-13(17)16-14-15-11(8-20-14)10-7-9(18-2)5-6-12(10)19-3/h4-8H,1H2,2-3H3,(H,15,16,17).